The summed E-state index contributed by atoms with van der Waals surface area (Å²) in [5.74, 6) is -0.941. The fraction of sp³-hybridized carbons (Fsp3) is 0.0870. The van der Waals surface area contributed by atoms with Gasteiger partial charge in [-0.3, -0.25) is 9.10 Å². The van der Waals surface area contributed by atoms with Gasteiger partial charge >= 0.3 is 0 Å². The minimum Gasteiger partial charge on any atom is -0.348 e. The fourth-order valence-electron chi connectivity index (χ4n) is 2.91. The molecule has 0 unspecified atom stereocenters. The molecular weight excluding hydrogens is 474 g/mol. The van der Waals surface area contributed by atoms with E-state index in [0.29, 0.717) is 16.3 Å². The van der Waals surface area contributed by atoms with Gasteiger partial charge in [0.05, 0.1) is 27.7 Å². The van der Waals surface area contributed by atoms with E-state index in [1.165, 1.54) is 48.5 Å². The lowest BCUT2D eigenvalue weighted by Gasteiger charge is -2.23. The van der Waals surface area contributed by atoms with Crippen molar-refractivity contribution in [2.75, 3.05) is 10.8 Å². The summed E-state index contributed by atoms with van der Waals surface area (Å²) in [5, 5.41) is 3.23. The molecule has 32 heavy (non-hydrogen) atoms. The average molecular weight is 493 g/mol. The zero-order valence-corrected chi connectivity index (χ0v) is 19.1. The number of benzene rings is 3. The van der Waals surface area contributed by atoms with Gasteiger partial charge in [0.15, 0.2) is 0 Å². The molecule has 0 saturated carbocycles. The Balaban J connectivity index is 1.89. The summed E-state index contributed by atoms with van der Waals surface area (Å²) < 4.78 is 40.9. The van der Waals surface area contributed by atoms with Gasteiger partial charge in [-0.1, -0.05) is 41.4 Å². The lowest BCUT2D eigenvalue weighted by molar-refractivity contribution is 0.0951. The third-order valence-corrected chi connectivity index (χ3v) is 6.92. The molecule has 0 aromatic heterocycles. The van der Waals surface area contributed by atoms with E-state index in [0.717, 1.165) is 4.31 Å². The Morgan fingerprint density at radius 1 is 1.03 bits per heavy atom. The monoisotopic (exact) mass is 492 g/mol. The van der Waals surface area contributed by atoms with Crippen LogP contribution < -0.4 is 9.62 Å². The lowest BCUT2D eigenvalue weighted by atomic mass is 10.2. The van der Waals surface area contributed by atoms with E-state index in [2.05, 4.69) is 11.9 Å². The van der Waals surface area contributed by atoms with Crippen LogP contribution in [0.1, 0.15) is 15.9 Å². The molecule has 0 aliphatic rings. The van der Waals surface area contributed by atoms with Crippen molar-refractivity contribution < 1.29 is 17.6 Å². The van der Waals surface area contributed by atoms with E-state index >= 15 is 0 Å². The third-order valence-electron chi connectivity index (χ3n) is 4.55. The predicted molar refractivity (Wildman–Crippen MR) is 125 cm³/mol. The molecule has 0 aliphatic heterocycles. The number of rotatable bonds is 8. The number of carbonyl (C=O) groups is 1. The largest absolute Gasteiger partial charge is 0.348 e. The van der Waals surface area contributed by atoms with Crippen LogP contribution in [0.25, 0.3) is 0 Å². The summed E-state index contributed by atoms with van der Waals surface area (Å²) in [6, 6.07) is 15.9. The van der Waals surface area contributed by atoms with Crippen LogP contribution in [0.4, 0.5) is 10.1 Å². The molecule has 3 aromatic carbocycles. The molecule has 166 valence electrons. The van der Waals surface area contributed by atoms with Crippen LogP contribution in [0.15, 0.2) is 84.3 Å². The Labute approximate surface area is 196 Å². The van der Waals surface area contributed by atoms with Crippen molar-refractivity contribution >= 4 is 44.8 Å². The van der Waals surface area contributed by atoms with E-state index in [-0.39, 0.29) is 34.4 Å². The molecule has 1 N–H and O–H groups in total. The zero-order valence-electron chi connectivity index (χ0n) is 16.8. The maximum atomic E-state index is 13.3. The van der Waals surface area contributed by atoms with Crippen molar-refractivity contribution in [1.29, 1.82) is 0 Å². The number of nitrogens with zero attached hydrogens (tertiary/aromatic N) is 1. The minimum atomic E-state index is -4.04. The lowest BCUT2D eigenvalue weighted by Crippen LogP contribution is -2.31. The number of hydrogen-bond acceptors (Lipinski definition) is 3. The standard InChI is InChI=1S/C23H19Cl2FN2O3S/c1-2-13-28(19-9-5-17(24)6-10-19)32(30,31)20-11-12-22(25)21(14-20)23(29)27-15-16-3-7-18(26)8-4-16/h2-12,14H,1,13,15H2,(H,27,29). The molecule has 0 bridgehead atoms. The maximum absolute atomic E-state index is 13.3. The smallest absolute Gasteiger partial charge is 0.264 e. The highest BCUT2D eigenvalue weighted by Gasteiger charge is 2.26. The number of carbonyl (C=O) groups excluding carboxylic acids is 1. The SMILES string of the molecule is C=CCN(c1ccc(Cl)cc1)S(=O)(=O)c1ccc(Cl)c(C(=O)NCc2ccc(F)cc2)c1. The molecule has 1 amide bonds. The fourth-order valence-corrected chi connectivity index (χ4v) is 4.70. The zero-order chi connectivity index (χ0) is 23.3. The molecular formula is C23H19Cl2FN2O3S. The molecule has 0 aliphatic carbocycles. The van der Waals surface area contributed by atoms with E-state index in [9.17, 15) is 17.6 Å². The number of hydrogen-bond donors (Lipinski definition) is 1. The number of sulfonamides is 1. The summed E-state index contributed by atoms with van der Waals surface area (Å²) in [4.78, 5) is 12.6. The average Bonchev–Trinajstić information content (AvgIpc) is 2.77. The number of halogens is 3. The van der Waals surface area contributed by atoms with Gasteiger partial charge < -0.3 is 5.32 Å². The minimum absolute atomic E-state index is 0.00418. The molecule has 0 spiro atoms. The maximum Gasteiger partial charge on any atom is 0.264 e. The molecule has 5 nitrogen and oxygen atoms in total. The van der Waals surface area contributed by atoms with Crippen molar-refractivity contribution in [3.63, 3.8) is 0 Å². The summed E-state index contributed by atoms with van der Waals surface area (Å²) >= 11 is 12.1. The van der Waals surface area contributed by atoms with E-state index < -0.39 is 15.9 Å². The second-order valence-electron chi connectivity index (χ2n) is 6.75. The Bertz CT molecular complexity index is 1230. The normalized spacial score (nSPS) is 11.1. The molecule has 3 aromatic rings. The van der Waals surface area contributed by atoms with Crippen LogP contribution in [0.2, 0.25) is 10.0 Å². The summed E-state index contributed by atoms with van der Waals surface area (Å²) in [5.41, 5.74) is 1.08. The number of anilines is 1. The Morgan fingerprint density at radius 3 is 2.31 bits per heavy atom. The summed E-state index contributed by atoms with van der Waals surface area (Å²) in [7, 11) is -4.04. The van der Waals surface area contributed by atoms with Crippen molar-refractivity contribution in [3.05, 3.63) is 106 Å². The Hall–Kier alpha value is -2.87. The van der Waals surface area contributed by atoms with Crippen LogP contribution in [0, 0.1) is 5.82 Å². The molecule has 0 radical (unpaired) electrons. The molecule has 0 heterocycles. The van der Waals surface area contributed by atoms with Gasteiger partial charge in [0.25, 0.3) is 15.9 Å². The van der Waals surface area contributed by atoms with Crippen LogP contribution in [0.3, 0.4) is 0 Å². The molecule has 0 atom stereocenters. The molecule has 0 fully saturated rings. The van der Waals surface area contributed by atoms with Crippen molar-refractivity contribution in [1.82, 2.24) is 5.32 Å². The van der Waals surface area contributed by atoms with Crippen molar-refractivity contribution in [2.45, 2.75) is 11.4 Å². The quantitative estimate of drug-likeness (QED) is 0.425. The van der Waals surface area contributed by atoms with Crippen LogP contribution in [0.5, 0.6) is 0 Å². The predicted octanol–water partition coefficient (Wildman–Crippen LogP) is 5.44. The number of amides is 1. The molecule has 0 saturated heterocycles. The van der Waals surface area contributed by atoms with Crippen molar-refractivity contribution in [3.8, 4) is 0 Å². The second-order valence-corrected chi connectivity index (χ2v) is 9.46. The van der Waals surface area contributed by atoms with Gasteiger partial charge in [-0.15, -0.1) is 6.58 Å². The Kier molecular flexibility index (Phi) is 7.56. The van der Waals surface area contributed by atoms with Gasteiger partial charge in [-0.05, 0) is 60.2 Å². The highest BCUT2D eigenvalue weighted by atomic mass is 35.5. The van der Waals surface area contributed by atoms with Gasteiger partial charge in [0, 0.05) is 11.6 Å². The van der Waals surface area contributed by atoms with Gasteiger partial charge in [0.2, 0.25) is 0 Å². The van der Waals surface area contributed by atoms with E-state index in [1.54, 1.807) is 24.3 Å². The highest BCUT2D eigenvalue weighted by molar-refractivity contribution is 7.92. The van der Waals surface area contributed by atoms with Crippen molar-refractivity contribution in [2.24, 2.45) is 0 Å². The summed E-state index contributed by atoms with van der Waals surface area (Å²) in [6.45, 7) is 3.77. The summed E-state index contributed by atoms with van der Waals surface area (Å²) in [6.07, 6.45) is 1.46. The van der Waals surface area contributed by atoms with Crippen LogP contribution in [-0.2, 0) is 16.6 Å². The first-order chi connectivity index (χ1) is 15.2. The number of nitrogens with one attached hydrogen (secondary N) is 1. The second kappa shape index (κ2) is 10.2. The van der Waals surface area contributed by atoms with Gasteiger partial charge in [-0.25, -0.2) is 12.8 Å². The third kappa shape index (κ3) is 5.48. The highest BCUT2D eigenvalue weighted by Crippen LogP contribution is 2.28. The van der Waals surface area contributed by atoms with E-state index in [1.807, 2.05) is 0 Å². The van der Waals surface area contributed by atoms with E-state index in [4.69, 9.17) is 23.2 Å². The molecule has 9 heteroatoms. The van der Waals surface area contributed by atoms with Gasteiger partial charge in [-0.2, -0.15) is 0 Å². The van der Waals surface area contributed by atoms with Crippen LogP contribution >= 0.6 is 23.2 Å². The Morgan fingerprint density at radius 2 is 1.69 bits per heavy atom. The van der Waals surface area contributed by atoms with Crippen LogP contribution in [-0.4, -0.2) is 20.9 Å². The first-order valence-electron chi connectivity index (χ1n) is 9.44. The topological polar surface area (TPSA) is 66.5 Å². The molecule has 3 rings (SSSR count). The first kappa shape index (κ1) is 23.8. The van der Waals surface area contributed by atoms with Gasteiger partial charge in [0.1, 0.15) is 5.82 Å². The first-order valence-corrected chi connectivity index (χ1v) is 11.6.